The monoisotopic (exact) mass is 390 g/mol. The SMILES string of the molecule is NS(=O)(=O)c1cc([N+](=O)[O-])c(NCC2(F)CCOCC2)c2scnc12. The van der Waals surface area contributed by atoms with Crippen LogP contribution in [0.25, 0.3) is 10.2 Å². The highest BCUT2D eigenvalue weighted by Gasteiger charge is 2.34. The van der Waals surface area contributed by atoms with Gasteiger partial charge in [0.2, 0.25) is 10.0 Å². The number of nitro groups is 1. The fraction of sp³-hybridized carbons (Fsp3) is 0.462. The molecule has 25 heavy (non-hydrogen) atoms. The first-order valence-electron chi connectivity index (χ1n) is 7.29. The lowest BCUT2D eigenvalue weighted by molar-refractivity contribution is -0.384. The van der Waals surface area contributed by atoms with Crippen molar-refractivity contribution in [2.45, 2.75) is 23.4 Å². The minimum absolute atomic E-state index is 0.0282. The van der Waals surface area contributed by atoms with Crippen molar-refractivity contribution in [3.05, 3.63) is 21.7 Å². The van der Waals surface area contributed by atoms with Crippen molar-refractivity contribution in [3.63, 3.8) is 0 Å². The van der Waals surface area contributed by atoms with E-state index in [9.17, 15) is 22.9 Å². The Morgan fingerprint density at radius 1 is 1.48 bits per heavy atom. The smallest absolute Gasteiger partial charge is 0.295 e. The van der Waals surface area contributed by atoms with Crippen molar-refractivity contribution >= 4 is 43.0 Å². The van der Waals surface area contributed by atoms with E-state index < -0.39 is 31.2 Å². The number of nitrogens with zero attached hydrogens (tertiary/aromatic N) is 2. The van der Waals surface area contributed by atoms with Crippen LogP contribution in [0.2, 0.25) is 0 Å². The number of hydrogen-bond donors (Lipinski definition) is 2. The van der Waals surface area contributed by atoms with Gasteiger partial charge in [-0.2, -0.15) is 0 Å². The van der Waals surface area contributed by atoms with E-state index in [1.165, 1.54) is 5.51 Å². The van der Waals surface area contributed by atoms with Gasteiger partial charge in [-0.1, -0.05) is 0 Å². The van der Waals surface area contributed by atoms with Gasteiger partial charge in [0.05, 0.1) is 15.1 Å². The predicted octanol–water partition coefficient (Wildman–Crippen LogP) is 1.78. The molecule has 0 atom stereocenters. The largest absolute Gasteiger partial charge is 0.381 e. The fourth-order valence-corrected chi connectivity index (χ4v) is 4.27. The van der Waals surface area contributed by atoms with Crippen LogP contribution in [0.3, 0.4) is 0 Å². The molecule has 1 aromatic heterocycles. The van der Waals surface area contributed by atoms with Crippen molar-refractivity contribution < 1.29 is 22.5 Å². The van der Waals surface area contributed by atoms with Crippen LogP contribution in [0, 0.1) is 10.1 Å². The van der Waals surface area contributed by atoms with Gasteiger partial charge in [0, 0.05) is 38.7 Å². The summed E-state index contributed by atoms with van der Waals surface area (Å²) < 4.78 is 43.5. The molecule has 12 heteroatoms. The van der Waals surface area contributed by atoms with Gasteiger partial charge in [0.25, 0.3) is 5.69 Å². The average Bonchev–Trinajstić information content (AvgIpc) is 3.00. The van der Waals surface area contributed by atoms with E-state index in [0.717, 1.165) is 17.4 Å². The van der Waals surface area contributed by atoms with E-state index in [4.69, 9.17) is 9.88 Å². The van der Waals surface area contributed by atoms with Gasteiger partial charge in [-0.25, -0.2) is 22.9 Å². The van der Waals surface area contributed by atoms with Gasteiger partial charge in [0.1, 0.15) is 21.8 Å². The molecule has 0 unspecified atom stereocenters. The number of hydrogen-bond acceptors (Lipinski definition) is 8. The van der Waals surface area contributed by atoms with Crippen molar-refractivity contribution in [2.75, 3.05) is 25.1 Å². The molecule has 2 aromatic rings. The van der Waals surface area contributed by atoms with Gasteiger partial charge in [-0.15, -0.1) is 11.3 Å². The van der Waals surface area contributed by atoms with Crippen LogP contribution in [0.15, 0.2) is 16.5 Å². The molecule has 0 amide bonds. The predicted molar refractivity (Wildman–Crippen MR) is 90.0 cm³/mol. The van der Waals surface area contributed by atoms with Crippen LogP contribution in [-0.2, 0) is 14.8 Å². The summed E-state index contributed by atoms with van der Waals surface area (Å²) in [6.07, 6.45) is 0.351. The number of anilines is 1. The Morgan fingerprint density at radius 2 is 2.16 bits per heavy atom. The Hall–Kier alpha value is -1.89. The fourth-order valence-electron chi connectivity index (χ4n) is 2.67. The van der Waals surface area contributed by atoms with Crippen LogP contribution in [0.5, 0.6) is 0 Å². The third kappa shape index (κ3) is 3.56. The van der Waals surface area contributed by atoms with Crippen LogP contribution in [0.1, 0.15) is 12.8 Å². The van der Waals surface area contributed by atoms with Gasteiger partial charge >= 0.3 is 0 Å². The number of fused-ring (bicyclic) bond motifs is 1. The van der Waals surface area contributed by atoms with E-state index in [1.807, 2.05) is 0 Å². The van der Waals surface area contributed by atoms with Crippen molar-refractivity contribution in [3.8, 4) is 0 Å². The quantitative estimate of drug-likeness (QED) is 0.586. The van der Waals surface area contributed by atoms with Crippen molar-refractivity contribution in [2.24, 2.45) is 5.14 Å². The van der Waals surface area contributed by atoms with Crippen LogP contribution >= 0.6 is 11.3 Å². The summed E-state index contributed by atoms with van der Waals surface area (Å²) in [5, 5.41) is 19.3. The molecule has 0 radical (unpaired) electrons. The molecule has 3 rings (SSSR count). The molecule has 0 saturated carbocycles. The summed E-state index contributed by atoms with van der Waals surface area (Å²) in [6.45, 7) is 0.403. The molecular formula is C13H15FN4O5S2. The van der Waals surface area contributed by atoms with Crippen LogP contribution in [0.4, 0.5) is 15.8 Å². The Labute approximate surface area is 146 Å². The molecule has 1 aliphatic heterocycles. The van der Waals surface area contributed by atoms with E-state index in [-0.39, 0.29) is 48.5 Å². The van der Waals surface area contributed by atoms with E-state index in [2.05, 4.69) is 10.3 Å². The number of alkyl halides is 1. The molecule has 9 nitrogen and oxygen atoms in total. The lowest BCUT2D eigenvalue weighted by atomic mass is 9.96. The third-order valence-corrected chi connectivity index (χ3v) is 5.79. The number of thiazole rings is 1. The summed E-state index contributed by atoms with van der Waals surface area (Å²) in [5.74, 6) is 0. The van der Waals surface area contributed by atoms with Crippen molar-refractivity contribution in [1.82, 2.24) is 4.98 Å². The highest BCUT2D eigenvalue weighted by molar-refractivity contribution is 7.89. The summed E-state index contributed by atoms with van der Waals surface area (Å²) in [6, 6.07) is 0.856. The number of halogens is 1. The summed E-state index contributed by atoms with van der Waals surface area (Å²) in [7, 11) is -4.20. The third-order valence-electron chi connectivity index (χ3n) is 4.03. The Bertz CT molecular complexity index is 924. The minimum Gasteiger partial charge on any atom is -0.381 e. The number of rotatable bonds is 5. The molecule has 0 aliphatic carbocycles. The number of nitro benzene ring substituents is 1. The van der Waals surface area contributed by atoms with Gasteiger partial charge < -0.3 is 10.1 Å². The Morgan fingerprint density at radius 3 is 2.76 bits per heavy atom. The van der Waals surface area contributed by atoms with E-state index in [1.54, 1.807) is 0 Å². The molecule has 136 valence electrons. The second-order valence-electron chi connectivity index (χ2n) is 5.72. The Balaban J connectivity index is 2.06. The maximum Gasteiger partial charge on any atom is 0.295 e. The standard InChI is InChI=1S/C13H15FN4O5S2/c14-13(1-3-23-4-2-13)6-16-10-8(18(19)20)5-9(25(15,21)22)11-12(10)24-7-17-11/h5,7,16H,1-4,6H2,(H2,15,21,22). The molecule has 1 aliphatic rings. The van der Waals surface area contributed by atoms with Crippen molar-refractivity contribution in [1.29, 1.82) is 0 Å². The average molecular weight is 390 g/mol. The summed E-state index contributed by atoms with van der Waals surface area (Å²) in [4.78, 5) is 14.2. The Kier molecular flexibility index (Phi) is 4.62. The minimum atomic E-state index is -4.20. The number of nitrogens with two attached hydrogens (primary N) is 1. The molecule has 2 heterocycles. The number of benzene rings is 1. The first kappa shape index (κ1) is 17.9. The molecule has 0 spiro atoms. The maximum absolute atomic E-state index is 14.7. The van der Waals surface area contributed by atoms with Gasteiger partial charge in [-0.3, -0.25) is 10.1 Å². The lowest BCUT2D eigenvalue weighted by Crippen LogP contribution is -2.38. The zero-order valence-electron chi connectivity index (χ0n) is 12.9. The topological polar surface area (TPSA) is 137 Å². The van der Waals surface area contributed by atoms with E-state index >= 15 is 0 Å². The second-order valence-corrected chi connectivity index (χ2v) is 8.10. The first-order valence-corrected chi connectivity index (χ1v) is 9.72. The second kappa shape index (κ2) is 6.44. The first-order chi connectivity index (χ1) is 11.7. The maximum atomic E-state index is 14.7. The highest BCUT2D eigenvalue weighted by atomic mass is 32.2. The number of ether oxygens (including phenoxy) is 1. The summed E-state index contributed by atoms with van der Waals surface area (Å²) in [5.41, 5.74) is -0.620. The molecule has 1 fully saturated rings. The normalized spacial score (nSPS) is 17.5. The van der Waals surface area contributed by atoms with E-state index in [0.29, 0.717) is 0 Å². The number of primary sulfonamides is 1. The lowest BCUT2D eigenvalue weighted by Gasteiger charge is -2.29. The molecule has 1 aromatic carbocycles. The van der Waals surface area contributed by atoms with Crippen LogP contribution in [-0.4, -0.2) is 43.8 Å². The van der Waals surface area contributed by atoms with Gasteiger partial charge in [0.15, 0.2) is 0 Å². The zero-order chi connectivity index (χ0) is 18.2. The molecule has 3 N–H and O–H groups in total. The molecular weight excluding hydrogens is 375 g/mol. The van der Waals surface area contributed by atoms with Gasteiger partial charge in [-0.05, 0) is 0 Å². The number of sulfonamides is 1. The zero-order valence-corrected chi connectivity index (χ0v) is 14.5. The number of aromatic nitrogens is 1. The van der Waals surface area contributed by atoms with Crippen LogP contribution < -0.4 is 10.5 Å². The highest BCUT2D eigenvalue weighted by Crippen LogP contribution is 2.40. The number of nitrogens with one attached hydrogen (secondary N) is 1. The molecule has 1 saturated heterocycles. The molecule has 0 bridgehead atoms. The summed E-state index contributed by atoms with van der Waals surface area (Å²) >= 11 is 1.02.